The molecule has 0 fully saturated rings. The molecule has 4 rings (SSSR count). The summed E-state index contributed by atoms with van der Waals surface area (Å²) in [5.41, 5.74) is 0.670. The summed E-state index contributed by atoms with van der Waals surface area (Å²) < 4.78 is 21.0. The Labute approximate surface area is 206 Å². The van der Waals surface area contributed by atoms with Crippen LogP contribution in [0.4, 0.5) is 0 Å². The summed E-state index contributed by atoms with van der Waals surface area (Å²) in [6.07, 6.45) is 2.93. The minimum absolute atomic E-state index is 0.00268. The van der Waals surface area contributed by atoms with Gasteiger partial charge in [0.2, 0.25) is 10.9 Å². The molecule has 12 heteroatoms. The van der Waals surface area contributed by atoms with Crippen molar-refractivity contribution in [1.29, 1.82) is 5.41 Å². The smallest absolute Gasteiger partial charge is 0.379 e. The summed E-state index contributed by atoms with van der Waals surface area (Å²) in [6.45, 7) is 4.10. The number of carbonyl (C=O) groups is 2. The normalized spacial score (nSPS) is 16.6. The van der Waals surface area contributed by atoms with Crippen LogP contribution >= 0.6 is 39.6 Å². The van der Waals surface area contributed by atoms with E-state index >= 15 is 0 Å². The Bertz CT molecular complexity index is 1220. The van der Waals surface area contributed by atoms with Crippen LogP contribution in [-0.2, 0) is 4.79 Å². The SMILES string of the molecule is CCOc1cc(/C=C2/C(=N)N3C(SCC)=NSC3=NC2=O)cc(Br)c1OC(=O)c1ccco1. The Kier molecular flexibility index (Phi) is 7.05. The first kappa shape index (κ1) is 23.3. The van der Waals surface area contributed by atoms with Gasteiger partial charge in [-0.1, -0.05) is 18.7 Å². The number of fused-ring (bicyclic) bond motifs is 1. The van der Waals surface area contributed by atoms with E-state index in [4.69, 9.17) is 19.3 Å². The van der Waals surface area contributed by atoms with E-state index in [2.05, 4.69) is 25.3 Å². The van der Waals surface area contributed by atoms with Gasteiger partial charge in [-0.2, -0.15) is 9.39 Å². The molecule has 0 saturated carbocycles. The van der Waals surface area contributed by atoms with Gasteiger partial charge in [-0.05, 0) is 64.5 Å². The molecule has 1 aromatic carbocycles. The van der Waals surface area contributed by atoms with Crippen LogP contribution in [0.2, 0.25) is 0 Å². The van der Waals surface area contributed by atoms with Crippen LogP contribution < -0.4 is 9.47 Å². The maximum absolute atomic E-state index is 12.6. The number of amides is 1. The molecule has 0 bridgehead atoms. The van der Waals surface area contributed by atoms with Crippen LogP contribution in [0.1, 0.15) is 30.0 Å². The third-order valence-electron chi connectivity index (χ3n) is 4.33. The Morgan fingerprint density at radius 3 is 2.91 bits per heavy atom. The van der Waals surface area contributed by atoms with Gasteiger partial charge in [0.05, 0.1) is 34.9 Å². The zero-order valence-corrected chi connectivity index (χ0v) is 20.7. The molecule has 0 radical (unpaired) electrons. The fourth-order valence-electron chi connectivity index (χ4n) is 2.96. The largest absolute Gasteiger partial charge is 0.490 e. The third-order valence-corrected chi connectivity index (χ3v) is 6.55. The van der Waals surface area contributed by atoms with Crippen molar-refractivity contribution in [3.05, 3.63) is 51.9 Å². The molecule has 9 nitrogen and oxygen atoms in total. The summed E-state index contributed by atoms with van der Waals surface area (Å²) in [4.78, 5) is 30.6. The fraction of sp³-hybridized carbons (Fsp3) is 0.190. The molecular formula is C21H17BrN4O5S2. The first-order valence-electron chi connectivity index (χ1n) is 9.76. The molecule has 0 atom stereocenters. The topological polar surface area (TPSA) is 118 Å². The van der Waals surface area contributed by atoms with Crippen LogP contribution in [0.5, 0.6) is 11.5 Å². The molecule has 2 aromatic rings. The number of carbonyl (C=O) groups excluding carboxylic acids is 2. The Balaban J connectivity index is 1.68. The Morgan fingerprint density at radius 1 is 1.39 bits per heavy atom. The molecule has 1 amide bonds. The predicted octanol–water partition coefficient (Wildman–Crippen LogP) is 4.99. The van der Waals surface area contributed by atoms with E-state index < -0.39 is 11.9 Å². The quantitative estimate of drug-likeness (QED) is 0.232. The maximum Gasteiger partial charge on any atom is 0.379 e. The summed E-state index contributed by atoms with van der Waals surface area (Å²) in [5, 5.41) is 9.57. The van der Waals surface area contributed by atoms with E-state index in [0.29, 0.717) is 27.0 Å². The number of hydrogen-bond donors (Lipinski definition) is 1. The van der Waals surface area contributed by atoms with Crippen molar-refractivity contribution in [2.75, 3.05) is 12.4 Å². The van der Waals surface area contributed by atoms with Crippen LogP contribution in [-0.4, -0.2) is 45.3 Å². The van der Waals surface area contributed by atoms with Crippen molar-refractivity contribution in [2.24, 2.45) is 9.39 Å². The van der Waals surface area contributed by atoms with Crippen molar-refractivity contribution in [3.8, 4) is 11.5 Å². The number of amidine groups is 3. The zero-order chi connectivity index (χ0) is 23.5. The third kappa shape index (κ3) is 4.77. The lowest BCUT2D eigenvalue weighted by atomic mass is 10.1. The van der Waals surface area contributed by atoms with Crippen LogP contribution in [0.3, 0.4) is 0 Å². The second-order valence-corrected chi connectivity index (χ2v) is 9.29. The van der Waals surface area contributed by atoms with E-state index in [1.807, 2.05) is 6.92 Å². The molecule has 2 aliphatic heterocycles. The average Bonchev–Trinajstić information content (AvgIpc) is 3.44. The molecule has 3 heterocycles. The first-order valence-corrected chi connectivity index (χ1v) is 12.3. The minimum atomic E-state index is -0.675. The minimum Gasteiger partial charge on any atom is -0.490 e. The highest BCUT2D eigenvalue weighted by molar-refractivity contribution is 9.10. The molecule has 1 aromatic heterocycles. The molecule has 0 aliphatic carbocycles. The lowest BCUT2D eigenvalue weighted by Gasteiger charge is -2.24. The predicted molar refractivity (Wildman–Crippen MR) is 132 cm³/mol. The fourth-order valence-corrected chi connectivity index (χ4v) is 5.07. The second kappa shape index (κ2) is 9.98. The molecule has 170 valence electrons. The molecular weight excluding hydrogens is 532 g/mol. The zero-order valence-electron chi connectivity index (χ0n) is 17.5. The van der Waals surface area contributed by atoms with E-state index in [-0.39, 0.29) is 28.7 Å². The molecule has 1 N–H and O–H groups in total. The number of thioether (sulfide) groups is 1. The van der Waals surface area contributed by atoms with Crippen molar-refractivity contribution in [1.82, 2.24) is 4.90 Å². The maximum atomic E-state index is 12.6. The van der Waals surface area contributed by atoms with Gasteiger partial charge in [0.15, 0.2) is 16.7 Å². The Morgan fingerprint density at radius 2 is 2.21 bits per heavy atom. The van der Waals surface area contributed by atoms with Gasteiger partial charge in [-0.25, -0.2) is 9.69 Å². The lowest BCUT2D eigenvalue weighted by molar-refractivity contribution is -0.114. The number of ether oxygens (including phenoxy) is 2. The number of aliphatic imine (C=N–C) groups is 1. The second-order valence-electron chi connectivity index (χ2n) is 6.47. The first-order chi connectivity index (χ1) is 15.9. The Hall–Kier alpha value is -2.83. The number of esters is 1. The summed E-state index contributed by atoms with van der Waals surface area (Å²) in [6, 6.07) is 6.37. The van der Waals surface area contributed by atoms with Crippen molar-refractivity contribution in [2.45, 2.75) is 13.8 Å². The van der Waals surface area contributed by atoms with Gasteiger partial charge in [0.25, 0.3) is 5.91 Å². The van der Waals surface area contributed by atoms with Gasteiger partial charge in [0, 0.05) is 0 Å². The monoisotopic (exact) mass is 548 g/mol. The highest BCUT2D eigenvalue weighted by Gasteiger charge is 2.37. The van der Waals surface area contributed by atoms with Crippen LogP contribution in [0, 0.1) is 5.41 Å². The molecule has 0 unspecified atom stereocenters. The van der Waals surface area contributed by atoms with E-state index in [0.717, 1.165) is 17.7 Å². The van der Waals surface area contributed by atoms with Gasteiger partial charge >= 0.3 is 5.97 Å². The van der Waals surface area contributed by atoms with E-state index in [1.54, 1.807) is 36.1 Å². The number of halogens is 1. The highest BCUT2D eigenvalue weighted by Crippen LogP contribution is 2.39. The van der Waals surface area contributed by atoms with Gasteiger partial charge < -0.3 is 13.9 Å². The molecule has 0 saturated heterocycles. The van der Waals surface area contributed by atoms with Crippen molar-refractivity contribution >= 4 is 73.8 Å². The molecule has 2 aliphatic rings. The van der Waals surface area contributed by atoms with Crippen LogP contribution in [0.25, 0.3) is 6.08 Å². The number of rotatable bonds is 6. The highest BCUT2D eigenvalue weighted by atomic mass is 79.9. The van der Waals surface area contributed by atoms with Crippen molar-refractivity contribution < 1.29 is 23.5 Å². The van der Waals surface area contributed by atoms with E-state index in [1.165, 1.54) is 24.1 Å². The summed E-state index contributed by atoms with van der Waals surface area (Å²) >= 11 is 5.96. The number of nitrogens with one attached hydrogen (secondary N) is 1. The van der Waals surface area contributed by atoms with Crippen molar-refractivity contribution in [3.63, 3.8) is 0 Å². The van der Waals surface area contributed by atoms with Gasteiger partial charge in [-0.3, -0.25) is 10.2 Å². The summed E-state index contributed by atoms with van der Waals surface area (Å²) in [5.74, 6) is 0.0820. The van der Waals surface area contributed by atoms with E-state index in [9.17, 15) is 9.59 Å². The molecule has 0 spiro atoms. The number of benzene rings is 1. The van der Waals surface area contributed by atoms with Crippen LogP contribution in [0.15, 0.2) is 54.4 Å². The number of nitrogens with zero attached hydrogens (tertiary/aromatic N) is 3. The van der Waals surface area contributed by atoms with Gasteiger partial charge in [-0.15, -0.1) is 0 Å². The van der Waals surface area contributed by atoms with Gasteiger partial charge in [0.1, 0.15) is 5.84 Å². The number of hydrogen-bond acceptors (Lipinski definition) is 9. The standard InChI is InChI=1S/C21H17BrN4O5S2/c1-3-29-15-10-11(9-13(22)16(15)31-19(28)14-6-5-7-30-14)8-12-17(23)26-20(24-18(12)27)33-25-21(26)32-4-2/h5-10,23H,3-4H2,1-2H3/b12-8-,23-17?. The average molecular weight is 549 g/mol. The summed E-state index contributed by atoms with van der Waals surface area (Å²) in [7, 11) is 0. The lowest BCUT2D eigenvalue weighted by Crippen LogP contribution is -2.41. The molecule has 33 heavy (non-hydrogen) atoms. The number of furan rings is 1.